The molecule has 0 atom stereocenters. The Balaban J connectivity index is 2.34. The third-order valence-corrected chi connectivity index (χ3v) is 2.40. The van der Waals surface area contributed by atoms with Crippen molar-refractivity contribution >= 4 is 23.6 Å². The van der Waals surface area contributed by atoms with E-state index in [1.54, 1.807) is 12.1 Å². The van der Waals surface area contributed by atoms with E-state index in [0.29, 0.717) is 12.2 Å². The van der Waals surface area contributed by atoms with Crippen molar-refractivity contribution in [1.29, 1.82) is 0 Å². The van der Waals surface area contributed by atoms with E-state index in [9.17, 15) is 14.4 Å². The number of hydrogen-bond donors (Lipinski definition) is 3. The second kappa shape index (κ2) is 7.88. The molecule has 0 aliphatic rings. The number of esters is 1. The van der Waals surface area contributed by atoms with Gasteiger partial charge in [0.15, 0.2) is 6.61 Å². The Bertz CT molecular complexity index is 511. The number of imide groups is 1. The summed E-state index contributed by atoms with van der Waals surface area (Å²) in [6, 6.07) is 5.47. The number of ether oxygens (including phenoxy) is 1. The van der Waals surface area contributed by atoms with Gasteiger partial charge in [0.2, 0.25) is 0 Å². The molecule has 7 heteroatoms. The molecule has 0 unspecified atom stereocenters. The van der Waals surface area contributed by atoms with Gasteiger partial charge in [-0.15, -0.1) is 0 Å². The predicted octanol–water partition coefficient (Wildman–Crippen LogP) is 0.907. The quantitative estimate of drug-likeness (QED) is 0.552. The molecule has 0 fully saturated rings. The molecule has 0 saturated heterocycles. The summed E-state index contributed by atoms with van der Waals surface area (Å²) in [7, 11) is 0. The van der Waals surface area contributed by atoms with E-state index in [2.05, 4.69) is 10.6 Å². The summed E-state index contributed by atoms with van der Waals surface area (Å²) in [6.45, 7) is 3.77. The Morgan fingerprint density at radius 2 is 1.81 bits per heavy atom. The van der Waals surface area contributed by atoms with E-state index in [4.69, 9.17) is 10.5 Å². The third-order valence-electron chi connectivity index (χ3n) is 2.40. The number of carbonyl (C=O) groups is 3. The minimum Gasteiger partial charge on any atom is -0.452 e. The molecular formula is C14H19N3O4. The van der Waals surface area contributed by atoms with Crippen LogP contribution < -0.4 is 16.4 Å². The monoisotopic (exact) mass is 293 g/mol. The Morgan fingerprint density at radius 3 is 2.38 bits per heavy atom. The lowest BCUT2D eigenvalue weighted by molar-refractivity contribution is -0.123. The van der Waals surface area contributed by atoms with Crippen LogP contribution in [-0.4, -0.2) is 31.1 Å². The SMILES string of the molecule is CC(C)CNC(=O)NC(=O)COC(=O)c1ccc(N)cc1. The number of anilines is 1. The van der Waals surface area contributed by atoms with Gasteiger partial charge in [0.25, 0.3) is 5.91 Å². The summed E-state index contributed by atoms with van der Waals surface area (Å²) in [5.74, 6) is -1.08. The van der Waals surface area contributed by atoms with Crippen molar-refractivity contribution in [3.63, 3.8) is 0 Å². The van der Waals surface area contributed by atoms with E-state index in [-0.39, 0.29) is 11.5 Å². The standard InChI is InChI=1S/C14H19N3O4/c1-9(2)7-16-14(20)17-12(18)8-21-13(19)10-3-5-11(15)6-4-10/h3-6,9H,7-8,15H2,1-2H3,(H2,16,17,18,20). The molecule has 1 aromatic carbocycles. The van der Waals surface area contributed by atoms with Crippen LogP contribution in [0.3, 0.4) is 0 Å². The molecule has 7 nitrogen and oxygen atoms in total. The molecule has 4 N–H and O–H groups in total. The zero-order valence-electron chi connectivity index (χ0n) is 12.0. The van der Waals surface area contributed by atoms with Crippen molar-refractivity contribution < 1.29 is 19.1 Å². The van der Waals surface area contributed by atoms with Gasteiger partial charge in [-0.1, -0.05) is 13.8 Å². The fraction of sp³-hybridized carbons (Fsp3) is 0.357. The van der Waals surface area contributed by atoms with Crippen molar-refractivity contribution in [3.05, 3.63) is 29.8 Å². The molecule has 0 aliphatic carbocycles. The number of rotatable bonds is 5. The molecular weight excluding hydrogens is 274 g/mol. The Morgan fingerprint density at radius 1 is 1.19 bits per heavy atom. The first-order valence-electron chi connectivity index (χ1n) is 6.49. The van der Waals surface area contributed by atoms with Crippen molar-refractivity contribution in [1.82, 2.24) is 10.6 Å². The van der Waals surface area contributed by atoms with Crippen LogP contribution in [-0.2, 0) is 9.53 Å². The molecule has 0 spiro atoms. The minimum absolute atomic E-state index is 0.272. The lowest BCUT2D eigenvalue weighted by Gasteiger charge is -2.09. The van der Waals surface area contributed by atoms with Gasteiger partial charge < -0.3 is 15.8 Å². The summed E-state index contributed by atoms with van der Waals surface area (Å²) in [5.41, 5.74) is 6.29. The summed E-state index contributed by atoms with van der Waals surface area (Å²) in [5, 5.41) is 4.58. The summed E-state index contributed by atoms with van der Waals surface area (Å²) in [4.78, 5) is 34.3. The third kappa shape index (κ3) is 6.42. The number of urea groups is 1. The van der Waals surface area contributed by atoms with Gasteiger partial charge >= 0.3 is 12.0 Å². The first-order valence-corrected chi connectivity index (χ1v) is 6.49. The van der Waals surface area contributed by atoms with E-state index < -0.39 is 24.5 Å². The first-order chi connectivity index (χ1) is 9.88. The van der Waals surface area contributed by atoms with Gasteiger partial charge in [0.05, 0.1) is 5.56 Å². The van der Waals surface area contributed by atoms with Gasteiger partial charge in [-0.3, -0.25) is 10.1 Å². The highest BCUT2D eigenvalue weighted by molar-refractivity contribution is 5.97. The van der Waals surface area contributed by atoms with Crippen LogP contribution in [0, 0.1) is 5.92 Å². The molecule has 1 aromatic rings. The minimum atomic E-state index is -0.694. The molecule has 21 heavy (non-hydrogen) atoms. The Labute approximate surface area is 122 Å². The second-order valence-corrected chi connectivity index (χ2v) is 4.85. The number of hydrogen-bond acceptors (Lipinski definition) is 5. The fourth-order valence-electron chi connectivity index (χ4n) is 1.34. The maximum Gasteiger partial charge on any atom is 0.338 e. The highest BCUT2D eigenvalue weighted by atomic mass is 16.5. The topological polar surface area (TPSA) is 111 Å². The van der Waals surface area contributed by atoms with Crippen molar-refractivity contribution in [3.8, 4) is 0 Å². The molecule has 0 aliphatic heterocycles. The molecule has 0 aromatic heterocycles. The molecule has 0 bridgehead atoms. The molecule has 3 amide bonds. The van der Waals surface area contributed by atoms with Crippen molar-refractivity contribution in [2.24, 2.45) is 5.92 Å². The fourth-order valence-corrected chi connectivity index (χ4v) is 1.34. The molecule has 0 saturated carbocycles. The molecule has 0 radical (unpaired) electrons. The zero-order valence-corrected chi connectivity index (χ0v) is 12.0. The van der Waals surface area contributed by atoms with E-state index in [1.807, 2.05) is 13.8 Å². The van der Waals surface area contributed by atoms with Crippen molar-refractivity contribution in [2.45, 2.75) is 13.8 Å². The molecule has 1 rings (SSSR count). The second-order valence-electron chi connectivity index (χ2n) is 4.85. The highest BCUT2D eigenvalue weighted by Crippen LogP contribution is 2.06. The van der Waals surface area contributed by atoms with Crippen LogP contribution in [0.15, 0.2) is 24.3 Å². The predicted molar refractivity (Wildman–Crippen MR) is 77.5 cm³/mol. The van der Waals surface area contributed by atoms with Gasteiger partial charge in [0.1, 0.15) is 0 Å². The van der Waals surface area contributed by atoms with E-state index >= 15 is 0 Å². The van der Waals surface area contributed by atoms with E-state index in [1.165, 1.54) is 12.1 Å². The average molecular weight is 293 g/mol. The van der Waals surface area contributed by atoms with Crippen LogP contribution in [0.1, 0.15) is 24.2 Å². The van der Waals surface area contributed by atoms with Crippen LogP contribution >= 0.6 is 0 Å². The van der Waals surface area contributed by atoms with Crippen LogP contribution in [0.25, 0.3) is 0 Å². The van der Waals surface area contributed by atoms with Gasteiger partial charge in [0, 0.05) is 12.2 Å². The first kappa shape index (κ1) is 16.5. The summed E-state index contributed by atoms with van der Waals surface area (Å²) >= 11 is 0. The van der Waals surface area contributed by atoms with Crippen LogP contribution in [0.4, 0.5) is 10.5 Å². The lowest BCUT2D eigenvalue weighted by Crippen LogP contribution is -2.42. The number of nitrogens with two attached hydrogens (primary N) is 1. The smallest absolute Gasteiger partial charge is 0.338 e. The van der Waals surface area contributed by atoms with Gasteiger partial charge in [-0.2, -0.15) is 0 Å². The summed E-state index contributed by atoms with van der Waals surface area (Å²) in [6.07, 6.45) is 0. The number of carbonyl (C=O) groups excluding carboxylic acids is 3. The van der Waals surface area contributed by atoms with E-state index in [0.717, 1.165) is 0 Å². The zero-order chi connectivity index (χ0) is 15.8. The van der Waals surface area contributed by atoms with Gasteiger partial charge in [-0.05, 0) is 30.2 Å². The normalized spacial score (nSPS) is 10.0. The molecule has 0 heterocycles. The maximum atomic E-state index is 11.6. The number of nitrogen functional groups attached to an aromatic ring is 1. The van der Waals surface area contributed by atoms with Gasteiger partial charge in [-0.25, -0.2) is 9.59 Å². The number of benzene rings is 1. The largest absolute Gasteiger partial charge is 0.452 e. The Hall–Kier alpha value is -2.57. The lowest BCUT2D eigenvalue weighted by atomic mass is 10.2. The number of nitrogens with one attached hydrogen (secondary N) is 2. The average Bonchev–Trinajstić information content (AvgIpc) is 2.43. The number of amides is 3. The summed E-state index contributed by atoms with van der Waals surface area (Å²) < 4.78 is 4.78. The highest BCUT2D eigenvalue weighted by Gasteiger charge is 2.12. The maximum absolute atomic E-state index is 11.6. The van der Waals surface area contributed by atoms with Crippen molar-refractivity contribution in [2.75, 3.05) is 18.9 Å². The molecule has 114 valence electrons. The van der Waals surface area contributed by atoms with Crippen LogP contribution in [0.5, 0.6) is 0 Å². The van der Waals surface area contributed by atoms with Crippen LogP contribution in [0.2, 0.25) is 0 Å². The Kier molecular flexibility index (Phi) is 6.19.